The van der Waals surface area contributed by atoms with Crippen LogP contribution in [0.2, 0.25) is 0 Å². The van der Waals surface area contributed by atoms with E-state index in [4.69, 9.17) is 5.11 Å². The van der Waals surface area contributed by atoms with E-state index in [9.17, 15) is 9.59 Å². The zero-order chi connectivity index (χ0) is 12.8. The second kappa shape index (κ2) is 4.25. The first kappa shape index (κ1) is 12.0. The van der Waals surface area contributed by atoms with Crippen LogP contribution in [0.3, 0.4) is 0 Å². The minimum atomic E-state index is -0.809. The molecule has 0 aromatic heterocycles. The summed E-state index contributed by atoms with van der Waals surface area (Å²) in [5, 5.41) is 12.1. The van der Waals surface area contributed by atoms with Crippen molar-refractivity contribution < 1.29 is 14.7 Å². The molecule has 0 heterocycles. The molecular weight excluding hydrogens is 230 g/mol. The molecular formula is C14H21NO3. The van der Waals surface area contributed by atoms with Crippen molar-refractivity contribution in [2.45, 2.75) is 44.9 Å². The number of hydrogen-bond acceptors (Lipinski definition) is 2. The van der Waals surface area contributed by atoms with Crippen LogP contribution in [0.4, 0.5) is 0 Å². The van der Waals surface area contributed by atoms with Crippen molar-refractivity contribution in [2.75, 3.05) is 6.54 Å². The molecule has 2 atom stereocenters. The molecule has 3 aliphatic carbocycles. The van der Waals surface area contributed by atoms with Gasteiger partial charge in [0, 0.05) is 6.54 Å². The fourth-order valence-electron chi connectivity index (χ4n) is 3.55. The van der Waals surface area contributed by atoms with Crippen molar-refractivity contribution in [3.63, 3.8) is 0 Å². The van der Waals surface area contributed by atoms with Gasteiger partial charge in [-0.2, -0.15) is 0 Å². The Morgan fingerprint density at radius 1 is 1.11 bits per heavy atom. The Morgan fingerprint density at radius 2 is 1.78 bits per heavy atom. The molecule has 1 amide bonds. The molecule has 0 aromatic rings. The molecule has 4 heteroatoms. The van der Waals surface area contributed by atoms with E-state index < -0.39 is 11.9 Å². The lowest BCUT2D eigenvalue weighted by Crippen LogP contribution is -2.38. The molecule has 0 unspecified atom stereocenters. The lowest BCUT2D eigenvalue weighted by Gasteiger charge is -2.19. The molecule has 0 aliphatic heterocycles. The summed E-state index contributed by atoms with van der Waals surface area (Å²) in [5.74, 6) is -0.752. The number of nitrogens with one attached hydrogen (secondary N) is 1. The molecule has 3 fully saturated rings. The zero-order valence-corrected chi connectivity index (χ0v) is 10.7. The number of rotatable bonds is 5. The molecule has 4 nitrogen and oxygen atoms in total. The standard InChI is InChI=1S/C14H21NO3/c16-12(10-2-1-3-11(10)13(17)18)15-8-14(6-7-14)9-4-5-9/h9-11H,1-8H2,(H,15,16)(H,17,18)/t10-,11+/m1/s1. The highest BCUT2D eigenvalue weighted by molar-refractivity contribution is 5.85. The van der Waals surface area contributed by atoms with Crippen molar-refractivity contribution >= 4 is 11.9 Å². The van der Waals surface area contributed by atoms with Gasteiger partial charge < -0.3 is 10.4 Å². The van der Waals surface area contributed by atoms with Crippen LogP contribution in [0.1, 0.15) is 44.9 Å². The van der Waals surface area contributed by atoms with Crippen molar-refractivity contribution in [3.8, 4) is 0 Å². The Hall–Kier alpha value is -1.06. The first-order chi connectivity index (χ1) is 8.62. The van der Waals surface area contributed by atoms with Gasteiger partial charge in [-0.3, -0.25) is 9.59 Å². The molecule has 0 bridgehead atoms. The summed E-state index contributed by atoms with van der Waals surface area (Å²) in [6.45, 7) is 0.777. The van der Waals surface area contributed by atoms with Gasteiger partial charge in [0.25, 0.3) is 0 Å². The molecule has 100 valence electrons. The number of carboxylic acids is 1. The number of carboxylic acid groups (broad SMARTS) is 1. The topological polar surface area (TPSA) is 66.4 Å². The molecule has 3 aliphatic rings. The summed E-state index contributed by atoms with van der Waals surface area (Å²) in [6.07, 6.45) is 7.37. The van der Waals surface area contributed by atoms with Crippen molar-refractivity contribution in [3.05, 3.63) is 0 Å². The SMILES string of the molecule is O=C(O)[C@H]1CCC[C@H]1C(=O)NCC1(C2CC2)CC1. The van der Waals surface area contributed by atoms with Gasteiger partial charge in [0.2, 0.25) is 5.91 Å². The smallest absolute Gasteiger partial charge is 0.307 e. The minimum absolute atomic E-state index is 0.0215. The second-order valence-electron chi connectivity index (χ2n) is 6.34. The molecule has 0 radical (unpaired) electrons. The molecule has 18 heavy (non-hydrogen) atoms. The van der Waals surface area contributed by atoms with E-state index in [2.05, 4.69) is 5.32 Å². The van der Waals surface area contributed by atoms with Crippen LogP contribution in [0.15, 0.2) is 0 Å². The van der Waals surface area contributed by atoms with Gasteiger partial charge >= 0.3 is 5.97 Å². The van der Waals surface area contributed by atoms with E-state index in [-0.39, 0.29) is 11.8 Å². The van der Waals surface area contributed by atoms with Crippen LogP contribution in [0, 0.1) is 23.2 Å². The van der Waals surface area contributed by atoms with Crippen molar-refractivity contribution in [2.24, 2.45) is 23.2 Å². The molecule has 3 saturated carbocycles. The largest absolute Gasteiger partial charge is 0.481 e. The molecule has 0 aromatic carbocycles. The molecule has 2 N–H and O–H groups in total. The highest BCUT2D eigenvalue weighted by Crippen LogP contribution is 2.60. The number of hydrogen-bond donors (Lipinski definition) is 2. The predicted octanol–water partition coefficient (Wildman–Crippen LogP) is 1.79. The van der Waals surface area contributed by atoms with Gasteiger partial charge in [-0.05, 0) is 49.9 Å². The third-order valence-electron chi connectivity index (χ3n) is 5.12. The van der Waals surface area contributed by atoms with Gasteiger partial charge in [0.15, 0.2) is 0 Å². The Labute approximate surface area is 107 Å². The molecule has 0 spiro atoms. The predicted molar refractivity (Wildman–Crippen MR) is 65.9 cm³/mol. The molecule has 3 rings (SSSR count). The number of carbonyl (C=O) groups is 2. The Morgan fingerprint density at radius 3 is 2.33 bits per heavy atom. The summed E-state index contributed by atoms with van der Waals surface area (Å²) >= 11 is 0. The van der Waals surface area contributed by atoms with E-state index in [0.29, 0.717) is 11.8 Å². The highest BCUT2D eigenvalue weighted by atomic mass is 16.4. The summed E-state index contributed by atoms with van der Waals surface area (Å²) in [7, 11) is 0. The lowest BCUT2D eigenvalue weighted by molar-refractivity contribution is -0.146. The van der Waals surface area contributed by atoms with E-state index in [1.807, 2.05) is 0 Å². The summed E-state index contributed by atoms with van der Waals surface area (Å²) in [6, 6.07) is 0. The molecule has 0 saturated heterocycles. The summed E-state index contributed by atoms with van der Waals surface area (Å²) in [5.41, 5.74) is 0.396. The maximum Gasteiger partial charge on any atom is 0.307 e. The Bertz CT molecular complexity index is 371. The van der Waals surface area contributed by atoms with Crippen LogP contribution in [0.25, 0.3) is 0 Å². The van der Waals surface area contributed by atoms with E-state index in [0.717, 1.165) is 25.3 Å². The third-order valence-corrected chi connectivity index (χ3v) is 5.12. The van der Waals surface area contributed by atoms with E-state index in [1.54, 1.807) is 0 Å². The highest BCUT2D eigenvalue weighted by Gasteiger charge is 2.53. The van der Waals surface area contributed by atoms with Gasteiger partial charge in [0.1, 0.15) is 0 Å². The van der Waals surface area contributed by atoms with Crippen LogP contribution in [-0.2, 0) is 9.59 Å². The Balaban J connectivity index is 1.53. The van der Waals surface area contributed by atoms with Crippen LogP contribution < -0.4 is 5.32 Å². The number of amides is 1. The van der Waals surface area contributed by atoms with Crippen LogP contribution in [0.5, 0.6) is 0 Å². The Kier molecular flexibility index (Phi) is 2.83. The van der Waals surface area contributed by atoms with E-state index >= 15 is 0 Å². The average Bonchev–Trinajstić information content (AvgIpc) is 3.23. The fourth-order valence-corrected chi connectivity index (χ4v) is 3.55. The van der Waals surface area contributed by atoms with Crippen molar-refractivity contribution in [1.82, 2.24) is 5.32 Å². The van der Waals surface area contributed by atoms with Gasteiger partial charge in [-0.1, -0.05) is 6.42 Å². The van der Waals surface area contributed by atoms with Gasteiger partial charge in [-0.25, -0.2) is 0 Å². The lowest BCUT2D eigenvalue weighted by atomic mass is 9.94. The summed E-state index contributed by atoms with van der Waals surface area (Å²) < 4.78 is 0. The van der Waals surface area contributed by atoms with E-state index in [1.165, 1.54) is 25.7 Å². The summed E-state index contributed by atoms with van der Waals surface area (Å²) in [4.78, 5) is 23.2. The second-order valence-corrected chi connectivity index (χ2v) is 6.34. The fraction of sp³-hybridized carbons (Fsp3) is 0.857. The monoisotopic (exact) mass is 251 g/mol. The van der Waals surface area contributed by atoms with Gasteiger partial charge in [0.05, 0.1) is 11.8 Å². The average molecular weight is 251 g/mol. The van der Waals surface area contributed by atoms with Crippen molar-refractivity contribution in [1.29, 1.82) is 0 Å². The number of aliphatic carboxylic acids is 1. The normalized spacial score (nSPS) is 33.1. The maximum absolute atomic E-state index is 12.1. The third kappa shape index (κ3) is 2.13. The van der Waals surface area contributed by atoms with Crippen LogP contribution in [-0.4, -0.2) is 23.5 Å². The van der Waals surface area contributed by atoms with Gasteiger partial charge in [-0.15, -0.1) is 0 Å². The zero-order valence-electron chi connectivity index (χ0n) is 10.7. The maximum atomic E-state index is 12.1. The first-order valence-corrected chi connectivity index (χ1v) is 7.13. The first-order valence-electron chi connectivity index (χ1n) is 7.13. The minimum Gasteiger partial charge on any atom is -0.481 e. The number of carbonyl (C=O) groups excluding carboxylic acids is 1. The quantitative estimate of drug-likeness (QED) is 0.783. The van der Waals surface area contributed by atoms with Crippen LogP contribution >= 0.6 is 0 Å².